The van der Waals surface area contributed by atoms with Gasteiger partial charge in [-0.15, -0.1) is 0 Å². The van der Waals surface area contributed by atoms with Crippen LogP contribution in [0.1, 0.15) is 25.6 Å². The lowest BCUT2D eigenvalue weighted by molar-refractivity contribution is 0.632. The maximum absolute atomic E-state index is 14.3. The fraction of sp³-hybridized carbons (Fsp3) is 0.222. The molecule has 0 aliphatic rings. The van der Waals surface area contributed by atoms with Crippen LogP contribution in [0.3, 0.4) is 0 Å². The molecule has 0 bridgehead atoms. The van der Waals surface area contributed by atoms with Crippen LogP contribution in [-0.2, 0) is 6.42 Å². The highest BCUT2D eigenvalue weighted by Gasteiger charge is 2.11. The second-order valence-electron chi connectivity index (χ2n) is 5.11. The van der Waals surface area contributed by atoms with Crippen molar-refractivity contribution in [1.82, 2.24) is 9.97 Å². The highest BCUT2D eigenvalue weighted by atomic mass is 19.1. The first kappa shape index (κ1) is 13.7. The SMILES string of the molecule is CCCCc1nccc(-c2c(F)ccc3ccccc23)n1. The number of benzene rings is 2. The number of aryl methyl sites for hydroxylation is 1. The van der Waals surface area contributed by atoms with Gasteiger partial charge >= 0.3 is 0 Å². The fourth-order valence-corrected chi connectivity index (χ4v) is 2.50. The summed E-state index contributed by atoms with van der Waals surface area (Å²) < 4.78 is 14.3. The molecule has 0 spiro atoms. The Morgan fingerprint density at radius 3 is 2.76 bits per heavy atom. The molecule has 0 fully saturated rings. The molecule has 2 aromatic carbocycles. The number of halogens is 1. The highest BCUT2D eigenvalue weighted by Crippen LogP contribution is 2.30. The van der Waals surface area contributed by atoms with Gasteiger partial charge in [-0.05, 0) is 29.3 Å². The molecule has 2 nitrogen and oxygen atoms in total. The number of hydrogen-bond acceptors (Lipinski definition) is 2. The van der Waals surface area contributed by atoms with Gasteiger partial charge in [0.1, 0.15) is 11.6 Å². The monoisotopic (exact) mass is 280 g/mol. The van der Waals surface area contributed by atoms with Gasteiger partial charge in [0, 0.05) is 18.2 Å². The van der Waals surface area contributed by atoms with Crippen LogP contribution < -0.4 is 0 Å². The van der Waals surface area contributed by atoms with Crippen LogP contribution in [0.2, 0.25) is 0 Å². The summed E-state index contributed by atoms with van der Waals surface area (Å²) in [5, 5.41) is 1.90. The lowest BCUT2D eigenvalue weighted by atomic mass is 10.0. The zero-order chi connectivity index (χ0) is 14.7. The minimum Gasteiger partial charge on any atom is -0.241 e. The van der Waals surface area contributed by atoms with Crippen LogP contribution in [-0.4, -0.2) is 9.97 Å². The van der Waals surface area contributed by atoms with Crippen molar-refractivity contribution in [1.29, 1.82) is 0 Å². The van der Waals surface area contributed by atoms with Crippen LogP contribution >= 0.6 is 0 Å². The molecule has 0 N–H and O–H groups in total. The van der Waals surface area contributed by atoms with E-state index in [4.69, 9.17) is 0 Å². The summed E-state index contributed by atoms with van der Waals surface area (Å²) >= 11 is 0. The Morgan fingerprint density at radius 1 is 1.05 bits per heavy atom. The molecule has 3 rings (SSSR count). The van der Waals surface area contributed by atoms with Crippen LogP contribution in [0.25, 0.3) is 22.0 Å². The third kappa shape index (κ3) is 2.77. The molecule has 0 saturated heterocycles. The van der Waals surface area contributed by atoms with Crippen molar-refractivity contribution in [2.45, 2.75) is 26.2 Å². The van der Waals surface area contributed by atoms with Crippen molar-refractivity contribution in [3.63, 3.8) is 0 Å². The van der Waals surface area contributed by atoms with E-state index in [1.54, 1.807) is 18.3 Å². The molecule has 0 unspecified atom stereocenters. The van der Waals surface area contributed by atoms with E-state index in [1.807, 2.05) is 24.3 Å². The van der Waals surface area contributed by atoms with E-state index >= 15 is 0 Å². The average molecular weight is 280 g/mol. The quantitative estimate of drug-likeness (QED) is 0.687. The molecule has 0 aliphatic carbocycles. The summed E-state index contributed by atoms with van der Waals surface area (Å²) in [4.78, 5) is 8.82. The van der Waals surface area contributed by atoms with Gasteiger partial charge in [-0.2, -0.15) is 0 Å². The highest BCUT2D eigenvalue weighted by molar-refractivity contribution is 5.96. The molecule has 106 valence electrons. The molecule has 0 saturated carbocycles. The zero-order valence-electron chi connectivity index (χ0n) is 12.0. The number of hydrogen-bond donors (Lipinski definition) is 0. The Balaban J connectivity index is 2.13. The van der Waals surface area contributed by atoms with Gasteiger partial charge in [0.25, 0.3) is 0 Å². The predicted octanol–water partition coefficient (Wildman–Crippen LogP) is 4.78. The molecule has 0 atom stereocenters. The second-order valence-corrected chi connectivity index (χ2v) is 5.11. The zero-order valence-corrected chi connectivity index (χ0v) is 12.0. The van der Waals surface area contributed by atoms with Gasteiger partial charge < -0.3 is 0 Å². The summed E-state index contributed by atoms with van der Waals surface area (Å²) in [7, 11) is 0. The van der Waals surface area contributed by atoms with E-state index in [0.717, 1.165) is 35.9 Å². The minimum absolute atomic E-state index is 0.242. The maximum Gasteiger partial charge on any atom is 0.133 e. The van der Waals surface area contributed by atoms with E-state index < -0.39 is 0 Å². The van der Waals surface area contributed by atoms with Crippen LogP contribution in [0.4, 0.5) is 4.39 Å². The number of nitrogens with zero attached hydrogens (tertiary/aromatic N) is 2. The molecular formula is C18H17FN2. The third-order valence-electron chi connectivity index (χ3n) is 3.59. The lowest BCUT2D eigenvalue weighted by Crippen LogP contribution is -1.98. The van der Waals surface area contributed by atoms with Crippen molar-refractivity contribution in [2.24, 2.45) is 0 Å². The van der Waals surface area contributed by atoms with Gasteiger partial charge in [-0.3, -0.25) is 0 Å². The Morgan fingerprint density at radius 2 is 1.90 bits per heavy atom. The summed E-state index contributed by atoms with van der Waals surface area (Å²) in [5.41, 5.74) is 1.22. The summed E-state index contributed by atoms with van der Waals surface area (Å²) in [6.45, 7) is 2.13. The molecule has 21 heavy (non-hydrogen) atoms. The molecule has 0 aliphatic heterocycles. The first-order chi connectivity index (χ1) is 10.3. The minimum atomic E-state index is -0.242. The maximum atomic E-state index is 14.3. The van der Waals surface area contributed by atoms with E-state index in [1.165, 1.54) is 6.07 Å². The lowest BCUT2D eigenvalue weighted by Gasteiger charge is -2.08. The number of fused-ring (bicyclic) bond motifs is 1. The largest absolute Gasteiger partial charge is 0.241 e. The Labute approximate surface area is 123 Å². The van der Waals surface area contributed by atoms with Crippen molar-refractivity contribution in [2.75, 3.05) is 0 Å². The van der Waals surface area contributed by atoms with Crippen LogP contribution in [0.15, 0.2) is 48.7 Å². The van der Waals surface area contributed by atoms with Crippen molar-refractivity contribution >= 4 is 10.8 Å². The first-order valence-corrected chi connectivity index (χ1v) is 7.29. The Bertz CT molecular complexity index is 768. The van der Waals surface area contributed by atoms with Crippen molar-refractivity contribution < 1.29 is 4.39 Å². The smallest absolute Gasteiger partial charge is 0.133 e. The molecule has 1 heterocycles. The summed E-state index contributed by atoms with van der Waals surface area (Å²) in [6.07, 6.45) is 4.68. The molecule has 0 amide bonds. The van der Waals surface area contributed by atoms with Crippen LogP contribution in [0.5, 0.6) is 0 Å². The molecule has 0 radical (unpaired) electrons. The van der Waals surface area contributed by atoms with E-state index in [9.17, 15) is 4.39 Å². The second kappa shape index (κ2) is 6.00. The predicted molar refractivity (Wildman–Crippen MR) is 83.5 cm³/mol. The van der Waals surface area contributed by atoms with Crippen molar-refractivity contribution in [3.8, 4) is 11.3 Å². The van der Waals surface area contributed by atoms with Gasteiger partial charge in [0.2, 0.25) is 0 Å². The molecule has 3 aromatic rings. The summed E-state index contributed by atoms with van der Waals surface area (Å²) in [5.74, 6) is 0.538. The normalized spacial score (nSPS) is 11.0. The average Bonchev–Trinajstić information content (AvgIpc) is 2.53. The Hall–Kier alpha value is -2.29. The summed E-state index contributed by atoms with van der Waals surface area (Å²) in [6, 6.07) is 12.9. The first-order valence-electron chi connectivity index (χ1n) is 7.29. The van der Waals surface area contributed by atoms with Crippen molar-refractivity contribution in [3.05, 3.63) is 60.3 Å². The standard InChI is InChI=1S/C18H17FN2/c1-2-3-8-17-20-12-11-16(21-17)18-14-7-5-4-6-13(14)9-10-15(18)19/h4-7,9-12H,2-3,8H2,1H3. The molecule has 3 heteroatoms. The van der Waals surface area contributed by atoms with Gasteiger partial charge in [0.05, 0.1) is 5.69 Å². The molecular weight excluding hydrogens is 263 g/mol. The van der Waals surface area contributed by atoms with Gasteiger partial charge in [-0.1, -0.05) is 43.7 Å². The van der Waals surface area contributed by atoms with E-state index in [-0.39, 0.29) is 5.82 Å². The van der Waals surface area contributed by atoms with E-state index in [0.29, 0.717) is 11.3 Å². The number of unbranched alkanes of at least 4 members (excludes halogenated alkanes) is 1. The van der Waals surface area contributed by atoms with E-state index in [2.05, 4.69) is 16.9 Å². The fourth-order valence-electron chi connectivity index (χ4n) is 2.50. The Kier molecular flexibility index (Phi) is 3.91. The topological polar surface area (TPSA) is 25.8 Å². The number of aromatic nitrogens is 2. The third-order valence-corrected chi connectivity index (χ3v) is 3.59. The van der Waals surface area contributed by atoms with Crippen LogP contribution in [0, 0.1) is 5.82 Å². The van der Waals surface area contributed by atoms with Gasteiger partial charge in [0.15, 0.2) is 0 Å². The molecule has 1 aromatic heterocycles. The number of rotatable bonds is 4. The van der Waals surface area contributed by atoms with Gasteiger partial charge in [-0.25, -0.2) is 14.4 Å².